The van der Waals surface area contributed by atoms with E-state index in [-0.39, 0.29) is 19.0 Å². The fourth-order valence-corrected chi connectivity index (χ4v) is 6.35. The second-order valence-electron chi connectivity index (χ2n) is 11.7. The van der Waals surface area contributed by atoms with Crippen molar-refractivity contribution in [3.8, 4) is 0 Å². The number of aliphatic imine (C=N–C) groups is 1. The summed E-state index contributed by atoms with van der Waals surface area (Å²) in [7, 11) is 0. The second-order valence-corrected chi connectivity index (χ2v) is 12.5. The lowest BCUT2D eigenvalue weighted by molar-refractivity contribution is -0.123. The van der Waals surface area contributed by atoms with Crippen LogP contribution in [0.2, 0.25) is 10.0 Å². The minimum Gasteiger partial charge on any atom is -0.444 e. The summed E-state index contributed by atoms with van der Waals surface area (Å²) < 4.78 is 20.1. The van der Waals surface area contributed by atoms with E-state index in [1.807, 2.05) is 31.2 Å². The third kappa shape index (κ3) is 5.83. The normalized spacial score (nSPS) is 22.5. The van der Waals surface area contributed by atoms with Crippen molar-refractivity contribution in [2.24, 2.45) is 4.99 Å². The van der Waals surface area contributed by atoms with Crippen molar-refractivity contribution < 1.29 is 18.7 Å². The van der Waals surface area contributed by atoms with Crippen LogP contribution in [-0.2, 0) is 14.9 Å². The summed E-state index contributed by atoms with van der Waals surface area (Å²) in [5, 5.41) is 10.3. The molecule has 2 aliphatic heterocycles. The number of carbonyl (C=O) groups excluding carboxylic acids is 2. The molecule has 3 aromatic rings. The van der Waals surface area contributed by atoms with Crippen molar-refractivity contribution in [1.82, 2.24) is 10.6 Å². The largest absolute Gasteiger partial charge is 0.444 e. The monoisotopic (exact) mass is 610 g/mol. The van der Waals surface area contributed by atoms with Gasteiger partial charge < -0.3 is 20.7 Å². The molecular weight excluding hydrogens is 578 g/mol. The molecule has 2 aliphatic rings. The predicted molar refractivity (Wildman–Crippen MR) is 164 cm³/mol. The van der Waals surface area contributed by atoms with Gasteiger partial charge in [-0.05, 0) is 86.3 Å². The standard InChI is InChI=1S/C32H33Cl2FN4O3/c1-18-8-10-22(35)16-23(18)28-32(24-11-9-21(34)15-26(24)38-29(32)40)25(19-6-5-7-20(33)14-19)17-27(39-28)36-12-13-37-30(41)42-31(2,3)4/h5-11,14-16,25,28H,12-13,17H2,1-4H3,(H,36,39)(H,37,41)(H,38,40)/t25-,28+,32-/m0/s1. The summed E-state index contributed by atoms with van der Waals surface area (Å²) in [6.45, 7) is 7.80. The van der Waals surface area contributed by atoms with Gasteiger partial charge in [0.05, 0.1) is 18.4 Å². The average molecular weight is 612 g/mol. The zero-order valence-electron chi connectivity index (χ0n) is 23.9. The highest BCUT2D eigenvalue weighted by atomic mass is 35.5. The molecule has 0 radical (unpaired) electrons. The maximum atomic E-state index is 14.8. The maximum absolute atomic E-state index is 14.8. The van der Waals surface area contributed by atoms with Crippen molar-refractivity contribution in [3.05, 3.63) is 98.8 Å². The van der Waals surface area contributed by atoms with Crippen LogP contribution in [0.5, 0.6) is 0 Å². The average Bonchev–Trinajstić information content (AvgIpc) is 3.18. The Morgan fingerprint density at radius 1 is 1.12 bits per heavy atom. The molecule has 220 valence electrons. The van der Waals surface area contributed by atoms with Gasteiger partial charge in [-0.3, -0.25) is 9.79 Å². The molecule has 42 heavy (non-hydrogen) atoms. The van der Waals surface area contributed by atoms with Gasteiger partial charge in [0.25, 0.3) is 0 Å². The number of halogens is 3. The predicted octanol–water partition coefficient (Wildman–Crippen LogP) is 7.07. The number of amidine groups is 1. The highest BCUT2D eigenvalue weighted by Crippen LogP contribution is 2.58. The number of rotatable bonds is 5. The molecule has 1 saturated heterocycles. The molecule has 5 rings (SSSR count). The van der Waals surface area contributed by atoms with Crippen LogP contribution in [0.25, 0.3) is 0 Å². The van der Waals surface area contributed by atoms with Crippen molar-refractivity contribution in [3.63, 3.8) is 0 Å². The minimum atomic E-state index is -1.18. The Labute approximate surface area is 254 Å². The van der Waals surface area contributed by atoms with Gasteiger partial charge >= 0.3 is 6.09 Å². The van der Waals surface area contributed by atoms with Crippen LogP contribution in [0.3, 0.4) is 0 Å². The fourth-order valence-electron chi connectivity index (χ4n) is 5.98. The van der Waals surface area contributed by atoms with Crippen LogP contribution in [-0.4, -0.2) is 36.5 Å². The second kappa shape index (κ2) is 11.6. The van der Waals surface area contributed by atoms with Gasteiger partial charge in [-0.1, -0.05) is 47.5 Å². The van der Waals surface area contributed by atoms with Crippen molar-refractivity contribution in [1.29, 1.82) is 0 Å². The van der Waals surface area contributed by atoms with Crippen LogP contribution in [0.15, 0.2) is 65.7 Å². The van der Waals surface area contributed by atoms with Crippen LogP contribution >= 0.6 is 23.2 Å². The van der Waals surface area contributed by atoms with E-state index in [9.17, 15) is 14.0 Å². The Bertz CT molecular complexity index is 1570. The first-order chi connectivity index (χ1) is 19.9. The molecule has 10 heteroatoms. The van der Waals surface area contributed by atoms with E-state index in [1.54, 1.807) is 45.0 Å². The van der Waals surface area contributed by atoms with Crippen LogP contribution in [0.4, 0.5) is 14.9 Å². The summed E-state index contributed by atoms with van der Waals surface area (Å²) in [6.07, 6.45) is -0.158. The molecule has 2 heterocycles. The highest BCUT2D eigenvalue weighted by molar-refractivity contribution is 6.31. The first-order valence-electron chi connectivity index (χ1n) is 13.8. The number of nitrogens with zero attached hydrogens (tertiary/aromatic N) is 1. The Kier molecular flexibility index (Phi) is 8.23. The van der Waals surface area contributed by atoms with E-state index in [1.165, 1.54) is 12.1 Å². The van der Waals surface area contributed by atoms with Crippen LogP contribution in [0, 0.1) is 12.7 Å². The number of ether oxygens (including phenoxy) is 1. The minimum absolute atomic E-state index is 0.225. The van der Waals surface area contributed by atoms with E-state index < -0.39 is 34.9 Å². The number of benzene rings is 3. The number of aryl methyl sites for hydroxylation is 1. The number of alkyl carbamates (subject to hydrolysis) is 1. The highest BCUT2D eigenvalue weighted by Gasteiger charge is 2.61. The number of carbonyl (C=O) groups is 2. The van der Waals surface area contributed by atoms with E-state index >= 15 is 0 Å². The Hall–Kier alpha value is -3.62. The summed E-state index contributed by atoms with van der Waals surface area (Å²) in [6, 6.07) is 16.7. The lowest BCUT2D eigenvalue weighted by atomic mass is 9.59. The summed E-state index contributed by atoms with van der Waals surface area (Å²) in [4.78, 5) is 31.2. The van der Waals surface area contributed by atoms with Crippen molar-refractivity contribution >= 4 is 46.7 Å². The lowest BCUT2D eigenvalue weighted by Crippen LogP contribution is -2.57. The molecule has 3 N–H and O–H groups in total. The number of nitrogens with one attached hydrogen (secondary N) is 3. The van der Waals surface area contributed by atoms with Gasteiger partial charge in [0.1, 0.15) is 16.8 Å². The van der Waals surface area contributed by atoms with Gasteiger partial charge in [-0.15, -0.1) is 0 Å². The molecule has 0 bridgehead atoms. The number of amides is 2. The third-order valence-electron chi connectivity index (χ3n) is 7.65. The maximum Gasteiger partial charge on any atom is 0.407 e. The van der Waals surface area contributed by atoms with Gasteiger partial charge in [-0.2, -0.15) is 0 Å². The molecule has 1 spiro atoms. The van der Waals surface area contributed by atoms with Crippen LogP contribution in [0.1, 0.15) is 61.4 Å². The summed E-state index contributed by atoms with van der Waals surface area (Å²) in [5.74, 6) is -0.436. The topological polar surface area (TPSA) is 91.8 Å². The van der Waals surface area contributed by atoms with Gasteiger partial charge in [0.2, 0.25) is 5.91 Å². The van der Waals surface area contributed by atoms with E-state index in [4.69, 9.17) is 32.9 Å². The number of hydrogen-bond donors (Lipinski definition) is 3. The quantitative estimate of drug-likeness (QED) is 0.269. The number of fused-ring (bicyclic) bond motifs is 2. The molecule has 0 saturated carbocycles. The number of piperidine rings is 1. The first kappa shape index (κ1) is 29.9. The SMILES string of the molecule is Cc1ccc(F)cc1[C@H]1NC(=NCCNC(=O)OC(C)(C)C)C[C@@H](c2cccc(Cl)c2)[C@]12C(=O)Nc1cc(Cl)ccc12. The van der Waals surface area contributed by atoms with Gasteiger partial charge in [0, 0.05) is 34.6 Å². The number of hydrogen-bond acceptors (Lipinski definition) is 4. The Morgan fingerprint density at radius 3 is 2.62 bits per heavy atom. The van der Waals surface area contributed by atoms with E-state index in [2.05, 4.69) is 16.0 Å². The molecule has 3 atom stereocenters. The van der Waals surface area contributed by atoms with E-state index in [0.717, 1.165) is 16.7 Å². The molecule has 0 aliphatic carbocycles. The molecule has 7 nitrogen and oxygen atoms in total. The van der Waals surface area contributed by atoms with E-state index in [0.29, 0.717) is 33.6 Å². The molecular formula is C32H33Cl2FN4O3. The summed E-state index contributed by atoms with van der Waals surface area (Å²) in [5.41, 5.74) is 1.88. The molecule has 3 aromatic carbocycles. The zero-order valence-corrected chi connectivity index (χ0v) is 25.4. The van der Waals surface area contributed by atoms with Gasteiger partial charge in [0.15, 0.2) is 0 Å². The number of anilines is 1. The van der Waals surface area contributed by atoms with Crippen LogP contribution < -0.4 is 16.0 Å². The third-order valence-corrected chi connectivity index (χ3v) is 8.12. The fraction of sp³-hybridized carbons (Fsp3) is 0.344. The smallest absolute Gasteiger partial charge is 0.407 e. The van der Waals surface area contributed by atoms with Crippen molar-refractivity contribution in [2.75, 3.05) is 18.4 Å². The van der Waals surface area contributed by atoms with Gasteiger partial charge in [-0.25, -0.2) is 9.18 Å². The Morgan fingerprint density at radius 2 is 1.88 bits per heavy atom. The lowest BCUT2D eigenvalue weighted by Gasteiger charge is -2.48. The summed E-state index contributed by atoms with van der Waals surface area (Å²) >= 11 is 12.8. The Balaban J connectivity index is 1.62. The molecule has 2 amide bonds. The van der Waals surface area contributed by atoms with Crippen molar-refractivity contribution in [2.45, 2.75) is 57.1 Å². The first-order valence-corrected chi connectivity index (χ1v) is 14.5. The zero-order chi connectivity index (χ0) is 30.2. The molecule has 1 fully saturated rings. The molecule has 0 aromatic heterocycles. The molecule has 0 unspecified atom stereocenters.